The summed E-state index contributed by atoms with van der Waals surface area (Å²) < 4.78 is 15.5. The molecule has 1 aliphatic carbocycles. The smallest absolute Gasteiger partial charge is 0.325 e. The number of hydrogen-bond acceptors (Lipinski definition) is 3. The molecule has 6 nitrogen and oxygen atoms in total. The van der Waals surface area contributed by atoms with E-state index in [2.05, 4.69) is 5.32 Å². The number of nitrogens with one attached hydrogen (secondary N) is 1. The molecule has 3 rings (SSSR count). The number of amides is 1. The molecule has 1 aromatic heterocycles. The van der Waals surface area contributed by atoms with Gasteiger partial charge in [0.1, 0.15) is 17.4 Å². The van der Waals surface area contributed by atoms with Crippen LogP contribution in [-0.2, 0) is 4.79 Å². The molecule has 1 aliphatic rings. The summed E-state index contributed by atoms with van der Waals surface area (Å²) in [7, 11) is 0. The van der Waals surface area contributed by atoms with Gasteiger partial charge in [0, 0.05) is 17.6 Å². The number of fused-ring (bicyclic) bond motifs is 1. The van der Waals surface area contributed by atoms with Crippen molar-refractivity contribution >= 4 is 34.4 Å². The molecule has 126 valence electrons. The van der Waals surface area contributed by atoms with Gasteiger partial charge < -0.3 is 15.0 Å². The second-order valence-corrected chi connectivity index (χ2v) is 6.23. The van der Waals surface area contributed by atoms with E-state index in [1.54, 1.807) is 4.57 Å². The Hall–Kier alpha value is -2.41. The van der Waals surface area contributed by atoms with Crippen molar-refractivity contribution in [1.82, 2.24) is 9.88 Å². The van der Waals surface area contributed by atoms with Gasteiger partial charge in [0.05, 0.1) is 10.5 Å². The van der Waals surface area contributed by atoms with Crippen molar-refractivity contribution in [3.63, 3.8) is 0 Å². The third-order valence-corrected chi connectivity index (χ3v) is 4.27. The first-order valence-corrected chi connectivity index (χ1v) is 7.75. The van der Waals surface area contributed by atoms with Gasteiger partial charge in [0.2, 0.25) is 5.43 Å². The highest BCUT2D eigenvalue weighted by Gasteiger charge is 2.28. The molecular formula is C16H14ClFN2O4. The standard InChI is InChI=1S/C16H14ClFN2O4/c1-7(16(23)24)19-15(22)10-6-20(8-2-3-8)13-5-11(17)12(18)4-9(13)14(10)21/h4-8H,2-3H2,1H3,(H,19,22)(H,23,24). The fourth-order valence-corrected chi connectivity index (χ4v) is 2.65. The van der Waals surface area contributed by atoms with Crippen LogP contribution in [0.4, 0.5) is 4.39 Å². The number of rotatable bonds is 4. The zero-order valence-electron chi connectivity index (χ0n) is 12.7. The largest absolute Gasteiger partial charge is 0.480 e. The molecule has 0 aliphatic heterocycles. The Labute approximate surface area is 140 Å². The van der Waals surface area contributed by atoms with Crippen LogP contribution in [0.5, 0.6) is 0 Å². The molecule has 1 aromatic carbocycles. The van der Waals surface area contributed by atoms with Gasteiger partial charge in [-0.15, -0.1) is 0 Å². The number of benzene rings is 1. The lowest BCUT2D eigenvalue weighted by atomic mass is 10.1. The number of pyridine rings is 1. The van der Waals surface area contributed by atoms with E-state index in [0.29, 0.717) is 5.52 Å². The van der Waals surface area contributed by atoms with Gasteiger partial charge >= 0.3 is 5.97 Å². The minimum absolute atomic E-state index is 0.0411. The number of carbonyl (C=O) groups is 2. The van der Waals surface area contributed by atoms with Crippen LogP contribution in [0.3, 0.4) is 0 Å². The third-order valence-electron chi connectivity index (χ3n) is 3.98. The molecule has 1 unspecified atom stereocenters. The first-order chi connectivity index (χ1) is 11.3. The third kappa shape index (κ3) is 2.87. The molecule has 0 bridgehead atoms. The molecule has 8 heteroatoms. The predicted octanol–water partition coefficient (Wildman–Crippen LogP) is 2.33. The molecule has 1 atom stereocenters. The highest BCUT2D eigenvalue weighted by atomic mass is 35.5. The van der Waals surface area contributed by atoms with Gasteiger partial charge in [-0.1, -0.05) is 11.6 Å². The summed E-state index contributed by atoms with van der Waals surface area (Å²) >= 11 is 5.81. The SMILES string of the molecule is CC(NC(=O)c1cn(C2CC2)c2cc(Cl)c(F)cc2c1=O)C(=O)O. The van der Waals surface area contributed by atoms with E-state index in [9.17, 15) is 18.8 Å². The average Bonchev–Trinajstić information content (AvgIpc) is 3.34. The van der Waals surface area contributed by atoms with Crippen molar-refractivity contribution in [2.75, 3.05) is 0 Å². The first-order valence-electron chi connectivity index (χ1n) is 7.37. The second-order valence-electron chi connectivity index (χ2n) is 5.83. The molecule has 1 heterocycles. The molecule has 1 fully saturated rings. The molecule has 0 radical (unpaired) electrons. The van der Waals surface area contributed by atoms with Crippen LogP contribution in [-0.4, -0.2) is 27.6 Å². The van der Waals surface area contributed by atoms with E-state index in [-0.39, 0.29) is 22.0 Å². The van der Waals surface area contributed by atoms with Gasteiger partial charge in [-0.3, -0.25) is 14.4 Å². The predicted molar refractivity (Wildman–Crippen MR) is 86.0 cm³/mol. The lowest BCUT2D eigenvalue weighted by Crippen LogP contribution is -2.40. The summed E-state index contributed by atoms with van der Waals surface area (Å²) in [4.78, 5) is 35.7. The second kappa shape index (κ2) is 5.90. The number of nitrogens with zero attached hydrogens (tertiary/aromatic N) is 1. The molecule has 2 aromatic rings. The van der Waals surface area contributed by atoms with Gasteiger partial charge in [0.25, 0.3) is 5.91 Å². The Morgan fingerprint density at radius 2 is 2.08 bits per heavy atom. The van der Waals surface area contributed by atoms with Crippen molar-refractivity contribution < 1.29 is 19.1 Å². The summed E-state index contributed by atoms with van der Waals surface area (Å²) in [5.41, 5.74) is -0.423. The van der Waals surface area contributed by atoms with Crippen molar-refractivity contribution in [2.45, 2.75) is 31.8 Å². The van der Waals surface area contributed by atoms with Crippen molar-refractivity contribution in [1.29, 1.82) is 0 Å². The molecule has 1 amide bonds. The number of carboxylic acid groups (broad SMARTS) is 1. The zero-order chi connectivity index (χ0) is 17.6. The van der Waals surface area contributed by atoms with Crippen molar-refractivity contribution in [3.8, 4) is 0 Å². The van der Waals surface area contributed by atoms with Crippen molar-refractivity contribution in [3.05, 3.63) is 45.0 Å². The first kappa shape index (κ1) is 16.4. The zero-order valence-corrected chi connectivity index (χ0v) is 13.4. The lowest BCUT2D eigenvalue weighted by molar-refractivity contribution is -0.138. The van der Waals surface area contributed by atoms with Crippen LogP contribution in [0.2, 0.25) is 5.02 Å². The highest BCUT2D eigenvalue weighted by Crippen LogP contribution is 2.37. The minimum atomic E-state index is -1.22. The van der Waals surface area contributed by atoms with E-state index in [0.717, 1.165) is 18.9 Å². The van der Waals surface area contributed by atoms with Gasteiger partial charge in [-0.25, -0.2) is 4.39 Å². The summed E-state index contributed by atoms with van der Waals surface area (Å²) in [6.45, 7) is 1.29. The van der Waals surface area contributed by atoms with Crippen LogP contribution >= 0.6 is 11.6 Å². The molecule has 2 N–H and O–H groups in total. The van der Waals surface area contributed by atoms with Gasteiger partial charge in [-0.2, -0.15) is 0 Å². The Bertz CT molecular complexity index is 920. The van der Waals surface area contributed by atoms with Crippen LogP contribution < -0.4 is 10.7 Å². The maximum absolute atomic E-state index is 13.8. The summed E-state index contributed by atoms with van der Waals surface area (Å²) in [5, 5.41) is 11.1. The number of hydrogen-bond donors (Lipinski definition) is 2. The Morgan fingerprint density at radius 1 is 1.42 bits per heavy atom. The van der Waals surface area contributed by atoms with Crippen LogP contribution in [0.15, 0.2) is 23.1 Å². The summed E-state index contributed by atoms with van der Waals surface area (Å²) in [5.74, 6) is -2.77. The number of halogens is 2. The Morgan fingerprint density at radius 3 is 2.67 bits per heavy atom. The normalized spacial score (nSPS) is 15.3. The quantitative estimate of drug-likeness (QED) is 0.884. The highest BCUT2D eigenvalue weighted by molar-refractivity contribution is 6.31. The molecule has 0 spiro atoms. The summed E-state index contributed by atoms with van der Waals surface area (Å²) in [6, 6.07) is 1.34. The number of aromatic nitrogens is 1. The molecule has 0 saturated heterocycles. The Kier molecular flexibility index (Phi) is 4.04. The average molecular weight is 353 g/mol. The van der Waals surface area contributed by atoms with E-state index < -0.39 is 29.2 Å². The van der Waals surface area contributed by atoms with Crippen LogP contribution in [0.25, 0.3) is 10.9 Å². The monoisotopic (exact) mass is 352 g/mol. The van der Waals surface area contributed by atoms with E-state index in [1.807, 2.05) is 0 Å². The number of carboxylic acids is 1. The van der Waals surface area contributed by atoms with Crippen LogP contribution in [0.1, 0.15) is 36.2 Å². The van der Waals surface area contributed by atoms with Gasteiger partial charge in [-0.05, 0) is 31.9 Å². The molecule has 24 heavy (non-hydrogen) atoms. The van der Waals surface area contributed by atoms with E-state index in [1.165, 1.54) is 19.2 Å². The number of aliphatic carboxylic acids is 1. The maximum Gasteiger partial charge on any atom is 0.325 e. The van der Waals surface area contributed by atoms with Crippen molar-refractivity contribution in [2.24, 2.45) is 0 Å². The molecule has 1 saturated carbocycles. The maximum atomic E-state index is 13.8. The summed E-state index contributed by atoms with van der Waals surface area (Å²) in [6.07, 6.45) is 3.14. The Balaban J connectivity index is 2.17. The molecular weight excluding hydrogens is 339 g/mol. The topological polar surface area (TPSA) is 88.4 Å². The number of carbonyl (C=O) groups excluding carboxylic acids is 1. The van der Waals surface area contributed by atoms with Gasteiger partial charge in [0.15, 0.2) is 0 Å². The van der Waals surface area contributed by atoms with E-state index >= 15 is 0 Å². The fourth-order valence-electron chi connectivity index (χ4n) is 2.50. The van der Waals surface area contributed by atoms with Crippen LogP contribution in [0, 0.1) is 5.82 Å². The lowest BCUT2D eigenvalue weighted by Gasteiger charge is -2.14. The van der Waals surface area contributed by atoms with E-state index in [4.69, 9.17) is 16.7 Å². The fraction of sp³-hybridized carbons (Fsp3) is 0.312. The minimum Gasteiger partial charge on any atom is -0.480 e.